The number of halogens is 5. The molecule has 17 heteroatoms. The lowest BCUT2D eigenvalue weighted by Gasteiger charge is -2.41. The Morgan fingerprint density at radius 1 is 0.946 bits per heavy atom. The molecule has 3 aromatic rings. The molecule has 0 aliphatic carbocycles. The number of aromatic nitrogens is 1. The first kappa shape index (κ1) is 42.0. The number of likely N-dealkylation sites (tertiary alicyclic amines) is 1. The van der Waals surface area contributed by atoms with Crippen LogP contribution < -0.4 is 25.8 Å². The molecule has 1 aromatic heterocycles. The van der Waals surface area contributed by atoms with Gasteiger partial charge in [-0.1, -0.05) is 11.6 Å². The van der Waals surface area contributed by atoms with Crippen LogP contribution in [0.5, 0.6) is 5.75 Å². The fourth-order valence-corrected chi connectivity index (χ4v) is 7.89. The second-order valence-electron chi connectivity index (χ2n) is 14.3. The lowest BCUT2D eigenvalue weighted by molar-refractivity contribution is -0.192. The van der Waals surface area contributed by atoms with Crippen molar-refractivity contribution < 1.29 is 46.6 Å². The maximum atomic E-state index is 15.2. The van der Waals surface area contributed by atoms with Gasteiger partial charge < -0.3 is 29.5 Å². The molecule has 3 aliphatic rings. The van der Waals surface area contributed by atoms with E-state index in [0.29, 0.717) is 64.6 Å². The summed E-state index contributed by atoms with van der Waals surface area (Å²) in [6.07, 6.45) is 0.996. The third kappa shape index (κ3) is 9.45. The van der Waals surface area contributed by atoms with E-state index in [2.05, 4.69) is 15.5 Å². The lowest BCUT2D eigenvalue weighted by atomic mass is 9.78. The highest BCUT2D eigenvalue weighted by Crippen LogP contribution is 2.38. The van der Waals surface area contributed by atoms with Crippen LogP contribution in [0.25, 0.3) is 11.1 Å². The van der Waals surface area contributed by atoms with E-state index in [4.69, 9.17) is 26.2 Å². The molecule has 3 saturated heterocycles. The Hall–Kier alpha value is -5.12. The second kappa shape index (κ2) is 17.3. The second-order valence-corrected chi connectivity index (χ2v) is 14.7. The Balaban J connectivity index is 0.000000784. The molecule has 0 saturated carbocycles. The van der Waals surface area contributed by atoms with Crippen LogP contribution in [0.2, 0.25) is 5.02 Å². The van der Waals surface area contributed by atoms with E-state index in [-0.39, 0.29) is 35.5 Å². The summed E-state index contributed by atoms with van der Waals surface area (Å²) in [5, 5.41) is 12.8. The number of pyridine rings is 1. The molecule has 4 heterocycles. The summed E-state index contributed by atoms with van der Waals surface area (Å²) in [6.45, 7) is 6.44. The number of nitrogens with one attached hydrogen (secondary N) is 2. The average Bonchev–Trinajstić information content (AvgIpc) is 3.16. The van der Waals surface area contributed by atoms with Crippen molar-refractivity contribution in [3.63, 3.8) is 0 Å². The topological polar surface area (TPSA) is 150 Å². The normalized spacial score (nSPS) is 18.2. The molecule has 1 unspecified atom stereocenters. The largest absolute Gasteiger partial charge is 0.496 e. The number of carbonyl (C=O) groups is 4. The Morgan fingerprint density at radius 2 is 1.55 bits per heavy atom. The van der Waals surface area contributed by atoms with Crippen molar-refractivity contribution in [1.29, 1.82) is 0 Å². The minimum Gasteiger partial charge on any atom is -0.496 e. The van der Waals surface area contributed by atoms with E-state index >= 15 is 4.39 Å². The van der Waals surface area contributed by atoms with Gasteiger partial charge in [-0.3, -0.25) is 24.5 Å². The highest BCUT2D eigenvalue weighted by Gasteiger charge is 2.38. The van der Waals surface area contributed by atoms with Crippen molar-refractivity contribution in [1.82, 2.24) is 14.8 Å². The SMILES string of the molecule is COc1cc(-c2cn(C)c(=O)c(C)c2C)cc(Cl)c1C(=O)N1CCC(C2CCN(c3ccc(NC4CCC(=O)NC4=O)cc3F)CC2)CC1.O=C(O)C(F)(F)F. The molecule has 0 radical (unpaired) electrons. The third-order valence-corrected chi connectivity index (χ3v) is 11.2. The lowest BCUT2D eigenvalue weighted by Crippen LogP contribution is -2.47. The molecule has 3 N–H and O–H groups in total. The number of carbonyl (C=O) groups excluding carboxylic acids is 3. The van der Waals surface area contributed by atoms with Gasteiger partial charge in [0, 0.05) is 62.7 Å². The average molecular weight is 806 g/mol. The van der Waals surface area contributed by atoms with Gasteiger partial charge in [-0.25, -0.2) is 9.18 Å². The zero-order valence-electron chi connectivity index (χ0n) is 31.4. The van der Waals surface area contributed by atoms with Crippen molar-refractivity contribution in [2.24, 2.45) is 18.9 Å². The molecule has 6 rings (SSSR count). The Kier molecular flexibility index (Phi) is 13.0. The number of rotatable bonds is 7. The first-order valence-electron chi connectivity index (χ1n) is 18.2. The minimum atomic E-state index is -5.08. The maximum absolute atomic E-state index is 15.2. The van der Waals surface area contributed by atoms with Gasteiger partial charge in [0.25, 0.3) is 11.5 Å². The molecule has 0 bridgehead atoms. The molecule has 1 atom stereocenters. The molecule has 2 aromatic carbocycles. The number of imide groups is 1. The van der Waals surface area contributed by atoms with Gasteiger partial charge >= 0.3 is 12.1 Å². The highest BCUT2D eigenvalue weighted by molar-refractivity contribution is 6.34. The predicted octanol–water partition coefficient (Wildman–Crippen LogP) is 6.09. The fourth-order valence-electron chi connectivity index (χ4n) is 7.60. The number of anilines is 2. The Bertz CT molecular complexity index is 2060. The summed E-state index contributed by atoms with van der Waals surface area (Å²) in [4.78, 5) is 62.5. The van der Waals surface area contributed by atoms with E-state index in [1.165, 1.54) is 13.2 Å². The number of amides is 3. The van der Waals surface area contributed by atoms with E-state index in [1.807, 2.05) is 17.9 Å². The van der Waals surface area contributed by atoms with Gasteiger partial charge in [0.2, 0.25) is 11.8 Å². The maximum Gasteiger partial charge on any atom is 0.490 e. The monoisotopic (exact) mass is 805 g/mol. The van der Waals surface area contributed by atoms with Gasteiger partial charge in [-0.15, -0.1) is 0 Å². The van der Waals surface area contributed by atoms with Crippen molar-refractivity contribution in [2.45, 2.75) is 64.6 Å². The van der Waals surface area contributed by atoms with Crippen LogP contribution in [0.4, 0.5) is 28.9 Å². The molecule has 0 spiro atoms. The van der Waals surface area contributed by atoms with E-state index in [1.54, 1.807) is 42.9 Å². The number of carboxylic acids is 1. The van der Waals surface area contributed by atoms with Crippen LogP contribution in [-0.2, 0) is 21.4 Å². The molecule has 3 aliphatic heterocycles. The van der Waals surface area contributed by atoms with E-state index in [9.17, 15) is 32.3 Å². The zero-order valence-corrected chi connectivity index (χ0v) is 32.2. The number of benzene rings is 2. The van der Waals surface area contributed by atoms with Crippen LogP contribution >= 0.6 is 11.6 Å². The quantitative estimate of drug-likeness (QED) is 0.191. The number of alkyl halides is 3. The van der Waals surface area contributed by atoms with Crippen LogP contribution in [-0.4, -0.2) is 83.8 Å². The van der Waals surface area contributed by atoms with E-state index in [0.717, 1.165) is 55.5 Å². The van der Waals surface area contributed by atoms with Crippen LogP contribution in [0.1, 0.15) is 60.0 Å². The number of piperidine rings is 3. The summed E-state index contributed by atoms with van der Waals surface area (Å²) in [5.41, 5.74) is 4.50. The Morgan fingerprint density at radius 3 is 2.11 bits per heavy atom. The molecular weight excluding hydrogens is 762 g/mol. The standard InChI is InChI=1S/C37H43ClFN5O5.C2HF3O2/c1-21-22(2)36(47)42(3)20-27(21)25-17-28(38)34(32(18-25)49-4)37(48)44-15-11-24(12-16-44)23-9-13-43(14-10-23)31-7-5-26(19-29(31)39)40-30-6-8-33(45)41-35(30)46;3-2(4,5)1(6)7/h5,7,17-20,23-24,30,40H,6,8-16H2,1-4H3,(H,41,45,46);(H,6,7). The summed E-state index contributed by atoms with van der Waals surface area (Å²) in [6, 6.07) is 7.98. The first-order chi connectivity index (χ1) is 26.4. The smallest absolute Gasteiger partial charge is 0.490 e. The molecule has 3 fully saturated rings. The molecular formula is C39H44ClF4N5O7. The predicted molar refractivity (Wildman–Crippen MR) is 202 cm³/mol. The van der Waals surface area contributed by atoms with Gasteiger partial charge in [0.05, 0.1) is 17.8 Å². The van der Waals surface area contributed by atoms with Crippen LogP contribution in [0, 0.1) is 31.5 Å². The number of nitrogens with zero attached hydrogens (tertiary/aromatic N) is 3. The number of methoxy groups -OCH3 is 1. The van der Waals surface area contributed by atoms with Gasteiger partial charge in [0.1, 0.15) is 23.2 Å². The molecule has 3 amide bonds. The zero-order chi connectivity index (χ0) is 41.1. The van der Waals surface area contributed by atoms with Crippen LogP contribution in [0.15, 0.2) is 41.3 Å². The van der Waals surface area contributed by atoms with Crippen molar-refractivity contribution in [3.05, 3.63) is 74.4 Å². The number of ether oxygens (including phenoxy) is 1. The Labute approximate surface area is 325 Å². The number of aliphatic carboxylic acids is 1. The number of hydrogen-bond acceptors (Lipinski definition) is 8. The van der Waals surface area contributed by atoms with Gasteiger partial charge in [-0.05, 0) is 99.2 Å². The minimum absolute atomic E-state index is 0.0539. The van der Waals surface area contributed by atoms with Crippen LogP contribution in [0.3, 0.4) is 0 Å². The summed E-state index contributed by atoms with van der Waals surface area (Å²) >= 11 is 6.77. The van der Waals surface area contributed by atoms with E-state index < -0.39 is 18.2 Å². The third-order valence-electron chi connectivity index (χ3n) is 10.9. The fraction of sp³-hybridized carbons (Fsp3) is 0.462. The summed E-state index contributed by atoms with van der Waals surface area (Å²) in [7, 11) is 3.25. The van der Waals surface area contributed by atoms with Crippen molar-refractivity contribution in [2.75, 3.05) is 43.5 Å². The molecule has 56 heavy (non-hydrogen) atoms. The molecule has 12 nitrogen and oxygen atoms in total. The van der Waals surface area contributed by atoms with Gasteiger partial charge in [-0.2, -0.15) is 13.2 Å². The number of aryl methyl sites for hydroxylation is 1. The number of carboxylic acid groups (broad SMARTS) is 1. The van der Waals surface area contributed by atoms with Gasteiger partial charge in [0.15, 0.2) is 0 Å². The summed E-state index contributed by atoms with van der Waals surface area (Å²) in [5.74, 6) is -2.55. The number of hydrogen-bond donors (Lipinski definition) is 3. The first-order valence-corrected chi connectivity index (χ1v) is 18.6. The summed E-state index contributed by atoms with van der Waals surface area (Å²) < 4.78 is 54.2. The van der Waals surface area contributed by atoms with Crippen molar-refractivity contribution >= 4 is 46.7 Å². The molecule has 302 valence electrons. The van der Waals surface area contributed by atoms with Crippen molar-refractivity contribution in [3.8, 4) is 16.9 Å². The highest BCUT2D eigenvalue weighted by atomic mass is 35.5.